The van der Waals surface area contributed by atoms with E-state index in [1.807, 2.05) is 0 Å². The lowest BCUT2D eigenvalue weighted by Crippen LogP contribution is -2.47. The minimum Gasteiger partial charge on any atom is -0.382 e. The van der Waals surface area contributed by atoms with E-state index in [1.165, 1.54) is 7.11 Å². The summed E-state index contributed by atoms with van der Waals surface area (Å²) < 4.78 is 89.2. The van der Waals surface area contributed by atoms with Crippen LogP contribution in [0.2, 0.25) is 0 Å². The molecule has 1 aromatic heterocycles. The topological polar surface area (TPSA) is 122 Å². The van der Waals surface area contributed by atoms with Crippen molar-refractivity contribution in [2.45, 2.75) is 49.8 Å². The van der Waals surface area contributed by atoms with Gasteiger partial charge < -0.3 is 19.3 Å². The molecule has 40 heavy (non-hydrogen) atoms. The van der Waals surface area contributed by atoms with Crippen LogP contribution in [0.1, 0.15) is 24.8 Å². The summed E-state index contributed by atoms with van der Waals surface area (Å²) >= 11 is 0. The minimum atomic E-state index is -4.87. The molecule has 1 aromatic rings. The molecule has 0 aromatic carbocycles. The number of aromatic nitrogens is 2. The third kappa shape index (κ3) is 6.86. The zero-order valence-corrected chi connectivity index (χ0v) is 21.3. The van der Waals surface area contributed by atoms with Gasteiger partial charge in [0.2, 0.25) is 5.95 Å². The zero-order valence-electron chi connectivity index (χ0n) is 21.3. The summed E-state index contributed by atoms with van der Waals surface area (Å²) in [6.45, 7) is 0.962. The van der Waals surface area contributed by atoms with Gasteiger partial charge in [-0.05, 0) is 12.8 Å². The van der Waals surface area contributed by atoms with Crippen molar-refractivity contribution in [3.05, 3.63) is 18.0 Å². The second kappa shape index (κ2) is 12.0. The third-order valence-corrected chi connectivity index (χ3v) is 6.78. The Morgan fingerprint density at radius 1 is 1.05 bits per heavy atom. The van der Waals surface area contributed by atoms with Gasteiger partial charge in [-0.1, -0.05) is 0 Å². The Balaban J connectivity index is 1.31. The smallest absolute Gasteiger partial charge is 0.382 e. The highest BCUT2D eigenvalue weighted by atomic mass is 19.4. The van der Waals surface area contributed by atoms with Crippen LogP contribution >= 0.6 is 0 Å². The van der Waals surface area contributed by atoms with Crippen molar-refractivity contribution in [3.63, 3.8) is 0 Å². The molecule has 0 radical (unpaired) electrons. The Labute approximate surface area is 224 Å². The molecule has 3 atom stereocenters. The summed E-state index contributed by atoms with van der Waals surface area (Å²) in [6.07, 6.45) is -6.46. The number of ether oxygens (including phenoxy) is 2. The van der Waals surface area contributed by atoms with E-state index in [1.54, 1.807) is 15.2 Å². The maximum Gasteiger partial charge on any atom is 0.419 e. The standard InChI is InChI=1S/C23H27F6N7O4/c1-39-11-14(33-16-10-32-34-19(37)18(16)23(27,28)29)12-40-17-4-7-36(20(17)38)15-2-5-35(6-3-15)21-30-8-13(9-31-21)22(24,25)26/h8-10,14-15,17-18H,2-7,11-12H2,1H3,(H,34,37)/t14-,17+,18?/m0/s1. The molecule has 2 saturated heterocycles. The van der Waals surface area contributed by atoms with Gasteiger partial charge in [0.25, 0.3) is 11.8 Å². The number of hydrogen-bond donors (Lipinski definition) is 1. The number of piperidine rings is 1. The van der Waals surface area contributed by atoms with Crippen LogP contribution in [0.4, 0.5) is 32.3 Å². The van der Waals surface area contributed by atoms with E-state index >= 15 is 0 Å². The number of nitrogens with one attached hydrogen (secondary N) is 1. The van der Waals surface area contributed by atoms with Crippen molar-refractivity contribution in [3.8, 4) is 0 Å². The molecule has 0 aliphatic carbocycles. The maximum absolute atomic E-state index is 13.4. The maximum atomic E-state index is 13.4. The average Bonchev–Trinajstić information content (AvgIpc) is 3.26. The Morgan fingerprint density at radius 3 is 2.33 bits per heavy atom. The fraction of sp³-hybridized carbons (Fsp3) is 0.652. The molecule has 0 bridgehead atoms. The minimum absolute atomic E-state index is 0.112. The summed E-state index contributed by atoms with van der Waals surface area (Å²) in [5.74, 6) is -3.91. The van der Waals surface area contributed by atoms with Crippen LogP contribution < -0.4 is 10.3 Å². The summed E-state index contributed by atoms with van der Waals surface area (Å²) in [5, 5.41) is 3.41. The number of hydrazone groups is 1. The van der Waals surface area contributed by atoms with E-state index in [0.717, 1.165) is 18.6 Å². The Hall–Kier alpha value is -3.34. The van der Waals surface area contributed by atoms with Crippen LogP contribution in [0.25, 0.3) is 0 Å². The van der Waals surface area contributed by atoms with E-state index in [0.29, 0.717) is 38.9 Å². The van der Waals surface area contributed by atoms with Crippen molar-refractivity contribution >= 4 is 29.7 Å². The first kappa shape index (κ1) is 29.6. The quantitative estimate of drug-likeness (QED) is 0.467. The number of aliphatic imine (C=N–C) groups is 1. The van der Waals surface area contributed by atoms with E-state index in [4.69, 9.17) is 9.47 Å². The Kier molecular flexibility index (Phi) is 8.92. The van der Waals surface area contributed by atoms with Gasteiger partial charge in [0.15, 0.2) is 5.92 Å². The first-order chi connectivity index (χ1) is 18.9. The lowest BCUT2D eigenvalue weighted by molar-refractivity contribution is -0.168. The van der Waals surface area contributed by atoms with E-state index in [9.17, 15) is 35.9 Å². The van der Waals surface area contributed by atoms with Crippen LogP contribution in [0.5, 0.6) is 0 Å². The third-order valence-electron chi connectivity index (χ3n) is 6.78. The van der Waals surface area contributed by atoms with Crippen molar-refractivity contribution < 1.29 is 45.4 Å². The number of likely N-dealkylation sites (tertiary alicyclic amines) is 1. The molecular formula is C23H27F6N7O4. The van der Waals surface area contributed by atoms with Crippen molar-refractivity contribution in [1.29, 1.82) is 0 Å². The number of alkyl halides is 6. The molecule has 3 aliphatic rings. The Morgan fingerprint density at radius 2 is 1.73 bits per heavy atom. The first-order valence-electron chi connectivity index (χ1n) is 12.4. The molecule has 11 nitrogen and oxygen atoms in total. The molecule has 1 unspecified atom stereocenters. The van der Waals surface area contributed by atoms with Crippen molar-refractivity contribution in [2.24, 2.45) is 16.0 Å². The highest BCUT2D eigenvalue weighted by molar-refractivity contribution is 6.37. The number of rotatable bonds is 8. The number of methoxy groups -OCH3 is 1. The van der Waals surface area contributed by atoms with Gasteiger partial charge in [0.05, 0.1) is 36.7 Å². The van der Waals surface area contributed by atoms with E-state index in [2.05, 4.69) is 20.1 Å². The molecule has 0 saturated carbocycles. The second-order valence-electron chi connectivity index (χ2n) is 9.50. The van der Waals surface area contributed by atoms with Gasteiger partial charge in [0, 0.05) is 51.6 Å². The molecule has 4 heterocycles. The number of nitrogens with zero attached hydrogens (tertiary/aromatic N) is 6. The number of carbonyl (C=O) groups is 2. The van der Waals surface area contributed by atoms with Crippen LogP contribution in [0.15, 0.2) is 22.5 Å². The lowest BCUT2D eigenvalue weighted by Gasteiger charge is -2.36. The second-order valence-corrected chi connectivity index (χ2v) is 9.50. The highest BCUT2D eigenvalue weighted by Gasteiger charge is 2.49. The molecule has 2 fully saturated rings. The summed E-state index contributed by atoms with van der Waals surface area (Å²) in [5.41, 5.74) is 0.266. The predicted molar refractivity (Wildman–Crippen MR) is 128 cm³/mol. The van der Waals surface area contributed by atoms with Gasteiger partial charge in [-0.3, -0.25) is 14.6 Å². The summed E-state index contributed by atoms with van der Waals surface area (Å²) in [4.78, 5) is 39.9. The Bertz CT molecular complexity index is 1120. The fourth-order valence-electron chi connectivity index (χ4n) is 4.81. The van der Waals surface area contributed by atoms with Crippen LogP contribution in [0.3, 0.4) is 0 Å². The SMILES string of the molecule is COC[C@@H](CO[C@@H]1CCN(C2CCN(c3ncc(C(F)(F)F)cn3)CC2)C1=O)N=C1C=NNC(=O)C1C(F)(F)F. The normalized spacial score (nSPS) is 24.6. The lowest BCUT2D eigenvalue weighted by atomic mass is 10.0. The largest absolute Gasteiger partial charge is 0.419 e. The fourth-order valence-corrected chi connectivity index (χ4v) is 4.81. The molecule has 4 rings (SSSR count). The van der Waals surface area contributed by atoms with E-state index < -0.39 is 47.6 Å². The van der Waals surface area contributed by atoms with Gasteiger partial charge in [-0.15, -0.1) is 0 Å². The summed E-state index contributed by atoms with van der Waals surface area (Å²) in [6, 6.07) is -1.04. The van der Waals surface area contributed by atoms with Crippen molar-refractivity contribution in [2.75, 3.05) is 44.9 Å². The average molecular weight is 580 g/mol. The van der Waals surface area contributed by atoms with Crippen LogP contribution in [0, 0.1) is 5.92 Å². The monoisotopic (exact) mass is 579 g/mol. The molecule has 3 aliphatic heterocycles. The molecular weight excluding hydrogens is 552 g/mol. The number of amides is 2. The van der Waals surface area contributed by atoms with Gasteiger partial charge in [-0.25, -0.2) is 15.4 Å². The zero-order chi connectivity index (χ0) is 29.1. The van der Waals surface area contributed by atoms with Gasteiger partial charge in [-0.2, -0.15) is 31.4 Å². The number of hydrogen-bond acceptors (Lipinski definition) is 9. The number of anilines is 1. The van der Waals surface area contributed by atoms with Gasteiger partial charge >= 0.3 is 12.4 Å². The van der Waals surface area contributed by atoms with Crippen LogP contribution in [-0.4, -0.2) is 103 Å². The molecule has 1 N–H and O–H groups in total. The van der Waals surface area contributed by atoms with E-state index in [-0.39, 0.29) is 31.1 Å². The van der Waals surface area contributed by atoms with Crippen molar-refractivity contribution in [1.82, 2.24) is 20.3 Å². The number of carbonyl (C=O) groups excluding carboxylic acids is 2. The van der Waals surface area contributed by atoms with Crippen LogP contribution in [-0.2, 0) is 25.2 Å². The first-order valence-corrected chi connectivity index (χ1v) is 12.4. The number of halogens is 6. The molecule has 17 heteroatoms. The molecule has 220 valence electrons. The predicted octanol–water partition coefficient (Wildman–Crippen LogP) is 1.83. The summed E-state index contributed by atoms with van der Waals surface area (Å²) in [7, 11) is 1.33. The molecule has 2 amide bonds. The van der Waals surface area contributed by atoms with Gasteiger partial charge in [0.1, 0.15) is 6.10 Å². The highest BCUT2D eigenvalue weighted by Crippen LogP contribution is 2.31. The molecule has 0 spiro atoms.